The van der Waals surface area contributed by atoms with Gasteiger partial charge in [0, 0.05) is 31.3 Å². The Bertz CT molecular complexity index is 1120. The SMILES string of the molecule is COc1cc(C(=O)NCCCN2CCOCC2)c(N(Cc2ccccc2F)S(C)(=O)=O)cc1OC. The largest absolute Gasteiger partial charge is 0.493 e. The zero-order chi connectivity index (χ0) is 25.4. The zero-order valence-electron chi connectivity index (χ0n) is 20.3. The molecule has 1 heterocycles. The fraction of sp³-hybridized carbons (Fsp3) is 0.458. The fourth-order valence-corrected chi connectivity index (χ4v) is 4.73. The molecule has 1 saturated heterocycles. The average Bonchev–Trinajstić information content (AvgIpc) is 2.85. The molecule has 9 nitrogen and oxygen atoms in total. The smallest absolute Gasteiger partial charge is 0.253 e. The van der Waals surface area contributed by atoms with Crippen LogP contribution < -0.4 is 19.1 Å². The summed E-state index contributed by atoms with van der Waals surface area (Å²) in [7, 11) is -1.06. The molecular formula is C24H32FN3O6S. The van der Waals surface area contributed by atoms with Gasteiger partial charge in [0.25, 0.3) is 5.91 Å². The van der Waals surface area contributed by atoms with Crippen LogP contribution in [0.2, 0.25) is 0 Å². The van der Waals surface area contributed by atoms with E-state index in [1.54, 1.807) is 6.07 Å². The van der Waals surface area contributed by atoms with E-state index >= 15 is 0 Å². The summed E-state index contributed by atoms with van der Waals surface area (Å²) >= 11 is 0. The van der Waals surface area contributed by atoms with Crippen LogP contribution in [0.25, 0.3) is 0 Å². The summed E-state index contributed by atoms with van der Waals surface area (Å²) in [6.45, 7) is 4.02. The van der Waals surface area contributed by atoms with Crippen molar-refractivity contribution in [2.24, 2.45) is 0 Å². The van der Waals surface area contributed by atoms with E-state index in [1.807, 2.05) is 0 Å². The second-order valence-corrected chi connectivity index (χ2v) is 10.1. The van der Waals surface area contributed by atoms with E-state index in [1.165, 1.54) is 44.6 Å². The molecule has 1 amide bonds. The lowest BCUT2D eigenvalue weighted by Gasteiger charge is -2.27. The number of ether oxygens (including phenoxy) is 3. The van der Waals surface area contributed by atoms with Crippen LogP contribution in [-0.2, 0) is 21.3 Å². The van der Waals surface area contributed by atoms with E-state index in [2.05, 4.69) is 10.2 Å². The van der Waals surface area contributed by atoms with Crippen LogP contribution in [0.15, 0.2) is 36.4 Å². The van der Waals surface area contributed by atoms with Gasteiger partial charge in [-0.25, -0.2) is 12.8 Å². The number of anilines is 1. The molecule has 1 fully saturated rings. The Kier molecular flexibility index (Phi) is 9.30. The van der Waals surface area contributed by atoms with Crippen LogP contribution in [0, 0.1) is 5.82 Å². The fourth-order valence-electron chi connectivity index (χ4n) is 3.84. The number of rotatable bonds is 11. The summed E-state index contributed by atoms with van der Waals surface area (Å²) < 4.78 is 57.0. The summed E-state index contributed by atoms with van der Waals surface area (Å²) in [5.74, 6) is -0.497. The number of carbonyl (C=O) groups is 1. The Morgan fingerprint density at radius 2 is 1.80 bits per heavy atom. The van der Waals surface area contributed by atoms with Crippen molar-refractivity contribution in [3.63, 3.8) is 0 Å². The van der Waals surface area contributed by atoms with Crippen molar-refractivity contribution in [2.45, 2.75) is 13.0 Å². The lowest BCUT2D eigenvalue weighted by atomic mass is 10.1. The Labute approximate surface area is 205 Å². The van der Waals surface area contributed by atoms with Crippen molar-refractivity contribution in [3.8, 4) is 11.5 Å². The summed E-state index contributed by atoms with van der Waals surface area (Å²) in [4.78, 5) is 15.5. The summed E-state index contributed by atoms with van der Waals surface area (Å²) in [5, 5.41) is 2.86. The second kappa shape index (κ2) is 12.2. The highest BCUT2D eigenvalue weighted by atomic mass is 32.2. The number of amides is 1. The maximum atomic E-state index is 14.4. The number of halogens is 1. The molecule has 192 valence electrons. The normalized spacial score (nSPS) is 14.4. The molecule has 1 N–H and O–H groups in total. The molecular weight excluding hydrogens is 477 g/mol. The molecule has 0 aliphatic carbocycles. The van der Waals surface area contributed by atoms with Gasteiger partial charge in [0.05, 0.1) is 51.5 Å². The number of carbonyl (C=O) groups excluding carboxylic acids is 1. The molecule has 35 heavy (non-hydrogen) atoms. The van der Waals surface area contributed by atoms with E-state index in [9.17, 15) is 17.6 Å². The Morgan fingerprint density at radius 1 is 1.14 bits per heavy atom. The van der Waals surface area contributed by atoms with Gasteiger partial charge < -0.3 is 19.5 Å². The van der Waals surface area contributed by atoms with Crippen LogP contribution in [0.3, 0.4) is 0 Å². The number of hydrogen-bond acceptors (Lipinski definition) is 7. The van der Waals surface area contributed by atoms with E-state index in [0.29, 0.717) is 19.8 Å². The first-order valence-corrected chi connectivity index (χ1v) is 13.1. The summed E-state index contributed by atoms with van der Waals surface area (Å²) in [6, 6.07) is 8.76. The van der Waals surface area contributed by atoms with Crippen LogP contribution >= 0.6 is 0 Å². The van der Waals surface area contributed by atoms with Crippen LogP contribution in [0.5, 0.6) is 11.5 Å². The van der Waals surface area contributed by atoms with Gasteiger partial charge in [-0.05, 0) is 25.1 Å². The van der Waals surface area contributed by atoms with Gasteiger partial charge in [-0.1, -0.05) is 18.2 Å². The minimum Gasteiger partial charge on any atom is -0.493 e. The molecule has 0 atom stereocenters. The third-order valence-electron chi connectivity index (χ3n) is 5.73. The van der Waals surface area contributed by atoms with Crippen molar-refractivity contribution in [1.82, 2.24) is 10.2 Å². The van der Waals surface area contributed by atoms with E-state index in [0.717, 1.165) is 36.6 Å². The van der Waals surface area contributed by atoms with Crippen molar-refractivity contribution in [1.29, 1.82) is 0 Å². The van der Waals surface area contributed by atoms with E-state index < -0.39 is 21.7 Å². The first kappa shape index (κ1) is 26.7. The number of hydrogen-bond donors (Lipinski definition) is 1. The number of nitrogens with zero attached hydrogens (tertiary/aromatic N) is 2. The number of sulfonamides is 1. The van der Waals surface area contributed by atoms with E-state index in [4.69, 9.17) is 14.2 Å². The van der Waals surface area contributed by atoms with Crippen LogP contribution in [-0.4, -0.2) is 79.1 Å². The molecule has 0 radical (unpaired) electrons. The summed E-state index contributed by atoms with van der Waals surface area (Å²) in [5.41, 5.74) is 0.319. The molecule has 0 unspecified atom stereocenters. The minimum atomic E-state index is -3.90. The monoisotopic (exact) mass is 509 g/mol. The number of morpholine rings is 1. The van der Waals surface area contributed by atoms with Gasteiger partial charge >= 0.3 is 0 Å². The van der Waals surface area contributed by atoms with Crippen molar-refractivity contribution in [2.75, 3.05) is 64.2 Å². The molecule has 0 aromatic heterocycles. The number of methoxy groups -OCH3 is 2. The van der Waals surface area contributed by atoms with Crippen LogP contribution in [0.4, 0.5) is 10.1 Å². The van der Waals surface area contributed by atoms with Crippen molar-refractivity contribution < 1.29 is 31.8 Å². The third-order valence-corrected chi connectivity index (χ3v) is 6.85. The Hall–Kier alpha value is -2.89. The lowest BCUT2D eigenvalue weighted by Crippen LogP contribution is -2.38. The highest BCUT2D eigenvalue weighted by molar-refractivity contribution is 7.92. The molecule has 2 aromatic carbocycles. The highest BCUT2D eigenvalue weighted by Gasteiger charge is 2.27. The number of nitrogens with one attached hydrogen (secondary N) is 1. The molecule has 3 rings (SSSR count). The zero-order valence-corrected chi connectivity index (χ0v) is 21.1. The molecule has 0 bridgehead atoms. The third kappa shape index (κ3) is 7.06. The van der Waals surface area contributed by atoms with Gasteiger partial charge in [0.2, 0.25) is 10.0 Å². The highest BCUT2D eigenvalue weighted by Crippen LogP contribution is 2.37. The molecule has 0 spiro atoms. The molecule has 2 aromatic rings. The predicted octanol–water partition coefficient (Wildman–Crippen LogP) is 2.26. The first-order chi connectivity index (χ1) is 16.7. The molecule has 1 aliphatic heterocycles. The lowest BCUT2D eigenvalue weighted by molar-refractivity contribution is 0.0374. The van der Waals surface area contributed by atoms with Gasteiger partial charge in [-0.15, -0.1) is 0 Å². The standard InChI is InChI=1S/C24H32FN3O6S/c1-32-22-15-19(24(29)26-9-6-10-27-11-13-34-14-12-27)21(16-23(22)33-2)28(35(3,30)31)17-18-7-4-5-8-20(18)25/h4-5,7-8,15-16H,6,9-14,17H2,1-3H3,(H,26,29). The average molecular weight is 510 g/mol. The van der Waals surface area contributed by atoms with E-state index in [-0.39, 0.29) is 34.9 Å². The van der Waals surface area contributed by atoms with Crippen molar-refractivity contribution >= 4 is 21.6 Å². The molecule has 11 heteroatoms. The Morgan fingerprint density at radius 3 is 2.43 bits per heavy atom. The quantitative estimate of drug-likeness (QED) is 0.464. The molecule has 1 aliphatic rings. The minimum absolute atomic E-state index is 0.0686. The first-order valence-electron chi connectivity index (χ1n) is 11.3. The molecule has 0 saturated carbocycles. The van der Waals surface area contributed by atoms with Gasteiger partial charge in [-0.2, -0.15) is 0 Å². The van der Waals surface area contributed by atoms with Gasteiger partial charge in [-0.3, -0.25) is 14.0 Å². The van der Waals surface area contributed by atoms with Crippen molar-refractivity contribution in [3.05, 3.63) is 53.3 Å². The van der Waals surface area contributed by atoms with Crippen LogP contribution in [0.1, 0.15) is 22.3 Å². The van der Waals surface area contributed by atoms with Gasteiger partial charge in [0.1, 0.15) is 5.82 Å². The second-order valence-electron chi connectivity index (χ2n) is 8.15. The maximum absolute atomic E-state index is 14.4. The Balaban J connectivity index is 1.89. The maximum Gasteiger partial charge on any atom is 0.253 e. The van der Waals surface area contributed by atoms with Gasteiger partial charge in [0.15, 0.2) is 11.5 Å². The summed E-state index contributed by atoms with van der Waals surface area (Å²) in [6.07, 6.45) is 1.73. The number of benzene rings is 2. The predicted molar refractivity (Wildman–Crippen MR) is 131 cm³/mol. The topological polar surface area (TPSA) is 97.4 Å².